The van der Waals surface area contributed by atoms with Gasteiger partial charge in [-0.25, -0.2) is 0 Å². The summed E-state index contributed by atoms with van der Waals surface area (Å²) in [6.45, 7) is 0. The van der Waals surface area contributed by atoms with Gasteiger partial charge in [-0.3, -0.25) is 4.79 Å². The van der Waals surface area contributed by atoms with Crippen LogP contribution in [-0.2, 0) is 0 Å². The fraction of sp³-hybridized carbons (Fsp3) is 0.0500. The predicted molar refractivity (Wildman–Crippen MR) is 110 cm³/mol. The number of amides is 1. The third-order valence-electron chi connectivity index (χ3n) is 4.14. The molecular formula is C20H14Cl2N4O2. The van der Waals surface area contributed by atoms with Gasteiger partial charge in [-0.05, 0) is 54.6 Å². The van der Waals surface area contributed by atoms with Crippen LogP contribution in [0.1, 0.15) is 10.4 Å². The van der Waals surface area contributed by atoms with Crippen molar-refractivity contribution in [2.24, 2.45) is 0 Å². The number of anilines is 1. The average molecular weight is 413 g/mol. The number of nitrogens with one attached hydrogen (secondary N) is 1. The molecule has 3 aromatic carbocycles. The molecule has 0 unspecified atom stereocenters. The lowest BCUT2D eigenvalue weighted by Gasteiger charge is -2.07. The summed E-state index contributed by atoms with van der Waals surface area (Å²) in [6, 6.07) is 17.6. The highest BCUT2D eigenvalue weighted by Gasteiger charge is 2.14. The molecule has 1 heterocycles. The Morgan fingerprint density at radius 2 is 1.75 bits per heavy atom. The Hall–Kier alpha value is -3.09. The van der Waals surface area contributed by atoms with Gasteiger partial charge in [-0.1, -0.05) is 29.3 Å². The molecule has 0 aliphatic rings. The highest BCUT2D eigenvalue weighted by atomic mass is 35.5. The minimum Gasteiger partial charge on any atom is -0.497 e. The monoisotopic (exact) mass is 412 g/mol. The van der Waals surface area contributed by atoms with Gasteiger partial charge in [0.2, 0.25) is 0 Å². The number of nitrogens with zero attached hydrogens (tertiary/aromatic N) is 3. The van der Waals surface area contributed by atoms with Crippen molar-refractivity contribution >= 4 is 45.8 Å². The van der Waals surface area contributed by atoms with Crippen LogP contribution in [0.3, 0.4) is 0 Å². The second kappa shape index (κ2) is 7.50. The zero-order valence-corrected chi connectivity index (χ0v) is 16.2. The van der Waals surface area contributed by atoms with E-state index in [-0.39, 0.29) is 10.9 Å². The van der Waals surface area contributed by atoms with E-state index in [0.29, 0.717) is 27.3 Å². The number of fused-ring (bicyclic) bond motifs is 1. The molecule has 8 heteroatoms. The highest BCUT2D eigenvalue weighted by Crippen LogP contribution is 2.26. The fourth-order valence-corrected chi connectivity index (χ4v) is 3.09. The summed E-state index contributed by atoms with van der Waals surface area (Å²) in [6.07, 6.45) is 0. The van der Waals surface area contributed by atoms with Crippen LogP contribution in [0.5, 0.6) is 5.75 Å². The van der Waals surface area contributed by atoms with Crippen LogP contribution < -0.4 is 10.1 Å². The summed E-state index contributed by atoms with van der Waals surface area (Å²) in [4.78, 5) is 14.0. The molecule has 0 saturated heterocycles. The number of halogens is 2. The van der Waals surface area contributed by atoms with Crippen molar-refractivity contribution in [1.82, 2.24) is 15.0 Å². The van der Waals surface area contributed by atoms with E-state index in [1.165, 1.54) is 4.80 Å². The SMILES string of the molecule is COc1ccc(-n2nc3ccc(NC(=O)c4cccc(Cl)c4Cl)cc3n2)cc1. The topological polar surface area (TPSA) is 69.0 Å². The van der Waals surface area contributed by atoms with E-state index in [1.807, 2.05) is 24.3 Å². The minimum atomic E-state index is -0.352. The van der Waals surface area contributed by atoms with Gasteiger partial charge in [-0.15, -0.1) is 10.2 Å². The second-order valence-corrected chi connectivity index (χ2v) is 6.73. The number of carbonyl (C=O) groups excluding carboxylic acids is 1. The number of ether oxygens (including phenoxy) is 1. The lowest BCUT2D eigenvalue weighted by Crippen LogP contribution is -2.12. The largest absolute Gasteiger partial charge is 0.497 e. The molecule has 0 aliphatic heterocycles. The van der Waals surface area contributed by atoms with Gasteiger partial charge < -0.3 is 10.1 Å². The maximum absolute atomic E-state index is 12.5. The third-order valence-corrected chi connectivity index (χ3v) is 4.96. The van der Waals surface area contributed by atoms with Crippen LogP contribution >= 0.6 is 23.2 Å². The van der Waals surface area contributed by atoms with E-state index in [1.54, 1.807) is 43.5 Å². The van der Waals surface area contributed by atoms with Gasteiger partial charge in [0.05, 0.1) is 28.4 Å². The smallest absolute Gasteiger partial charge is 0.257 e. The Labute approximate surface area is 170 Å². The van der Waals surface area contributed by atoms with Crippen molar-refractivity contribution in [1.29, 1.82) is 0 Å². The number of benzene rings is 3. The van der Waals surface area contributed by atoms with E-state index in [2.05, 4.69) is 15.5 Å². The predicted octanol–water partition coefficient (Wildman–Crippen LogP) is 4.99. The van der Waals surface area contributed by atoms with Crippen LogP contribution in [0.25, 0.3) is 16.7 Å². The quantitative estimate of drug-likeness (QED) is 0.512. The zero-order valence-electron chi connectivity index (χ0n) is 14.7. The van der Waals surface area contributed by atoms with Gasteiger partial charge in [0, 0.05) is 5.69 Å². The molecular weight excluding hydrogens is 399 g/mol. The molecule has 1 N–H and O–H groups in total. The number of rotatable bonds is 4. The lowest BCUT2D eigenvalue weighted by molar-refractivity contribution is 0.102. The molecule has 0 bridgehead atoms. The molecule has 0 aliphatic carbocycles. The van der Waals surface area contributed by atoms with Gasteiger partial charge >= 0.3 is 0 Å². The molecule has 4 aromatic rings. The zero-order chi connectivity index (χ0) is 19.7. The third kappa shape index (κ3) is 3.52. The van der Waals surface area contributed by atoms with Crippen molar-refractivity contribution in [3.8, 4) is 11.4 Å². The molecule has 0 radical (unpaired) electrons. The summed E-state index contributed by atoms with van der Waals surface area (Å²) in [5.74, 6) is 0.402. The summed E-state index contributed by atoms with van der Waals surface area (Å²) in [7, 11) is 1.61. The van der Waals surface area contributed by atoms with E-state index in [0.717, 1.165) is 11.4 Å². The van der Waals surface area contributed by atoms with Crippen LogP contribution in [0, 0.1) is 0 Å². The molecule has 4 rings (SSSR count). The molecule has 0 atom stereocenters. The summed E-state index contributed by atoms with van der Waals surface area (Å²) in [5, 5.41) is 12.3. The van der Waals surface area contributed by atoms with Crippen molar-refractivity contribution in [3.63, 3.8) is 0 Å². The van der Waals surface area contributed by atoms with Crippen LogP contribution in [0.4, 0.5) is 5.69 Å². The van der Waals surface area contributed by atoms with Crippen molar-refractivity contribution in [2.45, 2.75) is 0 Å². The number of hydrogen-bond donors (Lipinski definition) is 1. The summed E-state index contributed by atoms with van der Waals surface area (Å²) in [5.41, 5.74) is 3.03. The first-order chi connectivity index (χ1) is 13.5. The summed E-state index contributed by atoms with van der Waals surface area (Å²) < 4.78 is 5.16. The first-order valence-corrected chi connectivity index (χ1v) is 9.07. The molecule has 140 valence electrons. The number of aromatic nitrogens is 3. The Kier molecular flexibility index (Phi) is 4.90. The van der Waals surface area contributed by atoms with Gasteiger partial charge in [0.25, 0.3) is 5.91 Å². The first-order valence-electron chi connectivity index (χ1n) is 8.32. The van der Waals surface area contributed by atoms with Crippen LogP contribution in [0.15, 0.2) is 60.7 Å². The molecule has 0 saturated carbocycles. The Morgan fingerprint density at radius 3 is 2.50 bits per heavy atom. The first kappa shape index (κ1) is 18.3. The number of methoxy groups -OCH3 is 1. The Bertz CT molecular complexity index is 1170. The van der Waals surface area contributed by atoms with Crippen molar-refractivity contribution in [3.05, 3.63) is 76.3 Å². The standard InChI is InChI=1S/C20H14Cl2N4O2/c1-28-14-8-6-13(7-9-14)26-24-17-10-5-12(11-18(17)25-26)23-20(27)15-3-2-4-16(21)19(15)22/h2-11H,1H3,(H,23,27). The number of carbonyl (C=O) groups is 1. The second-order valence-electron chi connectivity index (χ2n) is 5.95. The van der Waals surface area contributed by atoms with E-state index in [4.69, 9.17) is 27.9 Å². The maximum atomic E-state index is 12.5. The molecule has 0 spiro atoms. The molecule has 28 heavy (non-hydrogen) atoms. The Morgan fingerprint density at radius 1 is 1.00 bits per heavy atom. The summed E-state index contributed by atoms with van der Waals surface area (Å²) >= 11 is 12.1. The normalized spacial score (nSPS) is 10.8. The van der Waals surface area contributed by atoms with E-state index < -0.39 is 0 Å². The van der Waals surface area contributed by atoms with E-state index >= 15 is 0 Å². The molecule has 6 nitrogen and oxygen atoms in total. The van der Waals surface area contributed by atoms with Crippen molar-refractivity contribution in [2.75, 3.05) is 12.4 Å². The van der Waals surface area contributed by atoms with Gasteiger partial charge in [0.15, 0.2) is 0 Å². The number of hydrogen-bond acceptors (Lipinski definition) is 4. The van der Waals surface area contributed by atoms with E-state index in [9.17, 15) is 4.79 Å². The maximum Gasteiger partial charge on any atom is 0.257 e. The average Bonchev–Trinajstić information content (AvgIpc) is 3.13. The molecule has 1 aromatic heterocycles. The fourth-order valence-electron chi connectivity index (χ4n) is 2.70. The highest BCUT2D eigenvalue weighted by molar-refractivity contribution is 6.44. The van der Waals surface area contributed by atoms with Gasteiger partial charge in [-0.2, -0.15) is 4.80 Å². The Balaban J connectivity index is 1.61. The van der Waals surface area contributed by atoms with Crippen LogP contribution in [-0.4, -0.2) is 28.0 Å². The molecule has 1 amide bonds. The van der Waals surface area contributed by atoms with Crippen molar-refractivity contribution < 1.29 is 9.53 Å². The van der Waals surface area contributed by atoms with Crippen LogP contribution in [0.2, 0.25) is 10.0 Å². The van der Waals surface area contributed by atoms with Gasteiger partial charge in [0.1, 0.15) is 16.8 Å². The lowest BCUT2D eigenvalue weighted by atomic mass is 10.2. The minimum absolute atomic E-state index is 0.216. The molecule has 0 fully saturated rings.